The first-order valence-corrected chi connectivity index (χ1v) is 7.39. The van der Waals surface area contributed by atoms with Gasteiger partial charge in [-0.3, -0.25) is 4.79 Å². The maximum absolute atomic E-state index is 12.7. The van der Waals surface area contributed by atoms with Crippen LogP contribution in [-0.4, -0.2) is 20.0 Å². The van der Waals surface area contributed by atoms with Crippen LogP contribution in [0.4, 0.5) is 0 Å². The van der Waals surface area contributed by atoms with Gasteiger partial charge >= 0.3 is 0 Å². The molecule has 0 bridgehead atoms. The van der Waals surface area contributed by atoms with Gasteiger partial charge in [-0.05, 0) is 42.0 Å². The van der Waals surface area contributed by atoms with Crippen molar-refractivity contribution in [1.29, 1.82) is 0 Å². The lowest BCUT2D eigenvalue weighted by atomic mass is 9.99. The molecule has 0 saturated carbocycles. The summed E-state index contributed by atoms with van der Waals surface area (Å²) in [5, 5.41) is 2.19. The molecule has 0 heterocycles. The van der Waals surface area contributed by atoms with Gasteiger partial charge in [0, 0.05) is 11.1 Å². The SMILES string of the molecule is COc1ccc(C(=O)c2ccc3ccc(C)cc3c2)cc1OC. The zero-order chi connectivity index (χ0) is 16.4. The Bertz CT molecular complexity index is 881. The molecule has 0 amide bonds. The second kappa shape index (κ2) is 6.13. The van der Waals surface area contributed by atoms with Crippen molar-refractivity contribution in [2.45, 2.75) is 6.92 Å². The number of methoxy groups -OCH3 is 2. The summed E-state index contributed by atoms with van der Waals surface area (Å²) in [7, 11) is 3.13. The van der Waals surface area contributed by atoms with Crippen molar-refractivity contribution in [3.05, 3.63) is 71.3 Å². The second-order valence-corrected chi connectivity index (χ2v) is 5.46. The largest absolute Gasteiger partial charge is 0.493 e. The van der Waals surface area contributed by atoms with Gasteiger partial charge in [0.25, 0.3) is 0 Å². The molecule has 116 valence electrons. The fourth-order valence-corrected chi connectivity index (χ4v) is 2.65. The summed E-state index contributed by atoms with van der Waals surface area (Å²) in [6, 6.07) is 17.2. The number of hydrogen-bond acceptors (Lipinski definition) is 3. The first-order valence-electron chi connectivity index (χ1n) is 7.39. The first kappa shape index (κ1) is 15.1. The molecule has 0 unspecified atom stereocenters. The molecular formula is C20H18O3. The molecule has 3 rings (SSSR count). The monoisotopic (exact) mass is 306 g/mol. The summed E-state index contributed by atoms with van der Waals surface area (Å²) in [5.41, 5.74) is 2.41. The fourth-order valence-electron chi connectivity index (χ4n) is 2.65. The quantitative estimate of drug-likeness (QED) is 0.670. The molecule has 3 nitrogen and oxygen atoms in total. The van der Waals surface area contributed by atoms with Gasteiger partial charge < -0.3 is 9.47 Å². The average molecular weight is 306 g/mol. The van der Waals surface area contributed by atoms with Gasteiger partial charge in [-0.15, -0.1) is 0 Å². The van der Waals surface area contributed by atoms with E-state index in [1.165, 1.54) is 5.56 Å². The third-order valence-electron chi connectivity index (χ3n) is 3.90. The Labute approximate surface area is 135 Å². The summed E-state index contributed by atoms with van der Waals surface area (Å²) in [6.45, 7) is 2.04. The van der Waals surface area contributed by atoms with Crippen molar-refractivity contribution >= 4 is 16.6 Å². The fraction of sp³-hybridized carbons (Fsp3) is 0.150. The smallest absolute Gasteiger partial charge is 0.193 e. The lowest BCUT2D eigenvalue weighted by Gasteiger charge is -2.09. The van der Waals surface area contributed by atoms with Gasteiger partial charge in [-0.1, -0.05) is 35.9 Å². The van der Waals surface area contributed by atoms with Crippen LogP contribution in [0, 0.1) is 6.92 Å². The third kappa shape index (κ3) is 2.90. The molecule has 0 aliphatic heterocycles. The van der Waals surface area contributed by atoms with Crippen LogP contribution in [0.5, 0.6) is 11.5 Å². The highest BCUT2D eigenvalue weighted by atomic mass is 16.5. The Kier molecular flexibility index (Phi) is 4.02. The van der Waals surface area contributed by atoms with E-state index in [1.807, 2.05) is 25.1 Å². The highest BCUT2D eigenvalue weighted by Gasteiger charge is 2.13. The minimum Gasteiger partial charge on any atom is -0.493 e. The van der Waals surface area contributed by atoms with Gasteiger partial charge in [0.1, 0.15) is 0 Å². The number of fused-ring (bicyclic) bond motifs is 1. The molecule has 0 aliphatic rings. The Hall–Kier alpha value is -2.81. The van der Waals surface area contributed by atoms with Crippen molar-refractivity contribution in [2.24, 2.45) is 0 Å². The predicted octanol–water partition coefficient (Wildman–Crippen LogP) is 4.40. The van der Waals surface area contributed by atoms with E-state index in [4.69, 9.17) is 9.47 Å². The molecule has 0 saturated heterocycles. The number of hydrogen-bond donors (Lipinski definition) is 0. The van der Waals surface area contributed by atoms with E-state index in [0.29, 0.717) is 22.6 Å². The van der Waals surface area contributed by atoms with Crippen molar-refractivity contribution in [3.63, 3.8) is 0 Å². The summed E-state index contributed by atoms with van der Waals surface area (Å²) >= 11 is 0. The van der Waals surface area contributed by atoms with E-state index in [0.717, 1.165) is 10.8 Å². The van der Waals surface area contributed by atoms with E-state index < -0.39 is 0 Å². The molecule has 3 aromatic rings. The molecule has 0 aromatic heterocycles. The minimum absolute atomic E-state index is 0.0330. The number of ether oxygens (including phenoxy) is 2. The number of ketones is 1. The summed E-state index contributed by atoms with van der Waals surface area (Å²) in [5.74, 6) is 1.13. The zero-order valence-electron chi connectivity index (χ0n) is 13.4. The van der Waals surface area contributed by atoms with Crippen LogP contribution in [0.25, 0.3) is 10.8 Å². The lowest BCUT2D eigenvalue weighted by Crippen LogP contribution is -2.02. The average Bonchev–Trinajstić information content (AvgIpc) is 2.59. The van der Waals surface area contributed by atoms with E-state index in [1.54, 1.807) is 32.4 Å². The van der Waals surface area contributed by atoms with Gasteiger partial charge in [0.15, 0.2) is 17.3 Å². The molecule has 0 aliphatic carbocycles. The van der Waals surface area contributed by atoms with Crippen LogP contribution >= 0.6 is 0 Å². The number of carbonyl (C=O) groups excluding carboxylic acids is 1. The molecule has 0 radical (unpaired) electrons. The van der Waals surface area contributed by atoms with E-state index in [9.17, 15) is 4.79 Å². The van der Waals surface area contributed by atoms with Gasteiger partial charge in [-0.25, -0.2) is 0 Å². The zero-order valence-corrected chi connectivity index (χ0v) is 13.4. The molecule has 3 heteroatoms. The molecule has 3 aromatic carbocycles. The number of carbonyl (C=O) groups is 1. The van der Waals surface area contributed by atoms with Crippen LogP contribution < -0.4 is 9.47 Å². The summed E-state index contributed by atoms with van der Waals surface area (Å²) in [6.07, 6.45) is 0. The number of aryl methyl sites for hydroxylation is 1. The lowest BCUT2D eigenvalue weighted by molar-refractivity contribution is 0.103. The molecule has 0 spiro atoms. The van der Waals surface area contributed by atoms with E-state index in [-0.39, 0.29) is 5.78 Å². The van der Waals surface area contributed by atoms with Gasteiger partial charge in [-0.2, -0.15) is 0 Å². The molecule has 0 N–H and O–H groups in total. The van der Waals surface area contributed by atoms with Crippen LogP contribution in [0.2, 0.25) is 0 Å². The van der Waals surface area contributed by atoms with Crippen LogP contribution in [-0.2, 0) is 0 Å². The van der Waals surface area contributed by atoms with Crippen LogP contribution in [0.15, 0.2) is 54.6 Å². The standard InChI is InChI=1S/C20H18O3/c1-13-4-5-14-6-7-15(11-17(14)10-13)20(21)16-8-9-18(22-2)19(12-16)23-3/h4-12H,1-3H3. The first-order chi connectivity index (χ1) is 11.1. The van der Waals surface area contributed by atoms with Crippen molar-refractivity contribution < 1.29 is 14.3 Å². The highest BCUT2D eigenvalue weighted by molar-refractivity contribution is 6.11. The van der Waals surface area contributed by atoms with Crippen LogP contribution in [0.3, 0.4) is 0 Å². The summed E-state index contributed by atoms with van der Waals surface area (Å²) < 4.78 is 10.5. The molecule has 0 fully saturated rings. The van der Waals surface area contributed by atoms with Crippen molar-refractivity contribution in [1.82, 2.24) is 0 Å². The Morgan fingerprint density at radius 1 is 0.739 bits per heavy atom. The Morgan fingerprint density at radius 3 is 2.13 bits per heavy atom. The Morgan fingerprint density at radius 2 is 1.39 bits per heavy atom. The molecular weight excluding hydrogens is 288 g/mol. The topological polar surface area (TPSA) is 35.5 Å². The third-order valence-corrected chi connectivity index (χ3v) is 3.90. The van der Waals surface area contributed by atoms with Gasteiger partial charge in [0.2, 0.25) is 0 Å². The highest BCUT2D eigenvalue weighted by Crippen LogP contribution is 2.29. The van der Waals surface area contributed by atoms with Gasteiger partial charge in [0.05, 0.1) is 14.2 Å². The Balaban J connectivity index is 2.02. The van der Waals surface area contributed by atoms with Crippen molar-refractivity contribution in [2.75, 3.05) is 14.2 Å². The maximum atomic E-state index is 12.7. The maximum Gasteiger partial charge on any atom is 0.193 e. The van der Waals surface area contributed by atoms with E-state index >= 15 is 0 Å². The molecule has 0 atom stereocenters. The minimum atomic E-state index is -0.0330. The molecule has 23 heavy (non-hydrogen) atoms. The van der Waals surface area contributed by atoms with Crippen LogP contribution in [0.1, 0.15) is 21.5 Å². The van der Waals surface area contributed by atoms with Crippen molar-refractivity contribution in [3.8, 4) is 11.5 Å². The number of rotatable bonds is 4. The second-order valence-electron chi connectivity index (χ2n) is 5.46. The number of benzene rings is 3. The van der Waals surface area contributed by atoms with E-state index in [2.05, 4.69) is 18.2 Å². The summed E-state index contributed by atoms with van der Waals surface area (Å²) in [4.78, 5) is 12.7. The normalized spacial score (nSPS) is 10.6. The predicted molar refractivity (Wildman–Crippen MR) is 91.7 cm³/mol.